The molecular formula is C21H17Cl2N5O2S2. The van der Waals surface area contributed by atoms with Crippen LogP contribution in [0.2, 0.25) is 10.0 Å². The fourth-order valence-electron chi connectivity index (χ4n) is 2.79. The number of carbonyl (C=O) groups is 1. The number of aromatic nitrogens is 4. The van der Waals surface area contributed by atoms with Crippen LogP contribution in [0.4, 0.5) is 5.13 Å². The highest BCUT2D eigenvalue weighted by Gasteiger charge is 2.15. The Kier molecular flexibility index (Phi) is 7.31. The fraction of sp³-hybridized carbons (Fsp3) is 0.143. The van der Waals surface area contributed by atoms with Gasteiger partial charge >= 0.3 is 0 Å². The Morgan fingerprint density at radius 3 is 2.88 bits per heavy atom. The van der Waals surface area contributed by atoms with Crippen LogP contribution in [-0.4, -0.2) is 31.4 Å². The van der Waals surface area contributed by atoms with Crippen molar-refractivity contribution in [1.29, 1.82) is 0 Å². The van der Waals surface area contributed by atoms with E-state index in [1.807, 2.05) is 28.8 Å². The maximum atomic E-state index is 12.4. The monoisotopic (exact) mass is 505 g/mol. The molecule has 2 aromatic heterocycles. The molecule has 1 amide bonds. The molecule has 32 heavy (non-hydrogen) atoms. The summed E-state index contributed by atoms with van der Waals surface area (Å²) in [5.74, 6) is 1.07. The summed E-state index contributed by atoms with van der Waals surface area (Å²) in [6, 6.07) is 12.7. The number of thioether (sulfide) groups is 1. The predicted molar refractivity (Wildman–Crippen MR) is 130 cm³/mol. The number of fused-ring (bicyclic) bond motifs is 1. The number of amides is 1. The summed E-state index contributed by atoms with van der Waals surface area (Å²) in [7, 11) is 0. The van der Waals surface area contributed by atoms with Crippen molar-refractivity contribution in [2.45, 2.75) is 18.3 Å². The Morgan fingerprint density at radius 1 is 1.25 bits per heavy atom. The molecule has 0 radical (unpaired) electrons. The van der Waals surface area contributed by atoms with Crippen LogP contribution in [0.5, 0.6) is 5.75 Å². The molecule has 0 bridgehead atoms. The van der Waals surface area contributed by atoms with Crippen LogP contribution in [0.25, 0.3) is 10.2 Å². The average molecular weight is 506 g/mol. The fourth-order valence-corrected chi connectivity index (χ4v) is 4.90. The van der Waals surface area contributed by atoms with Crippen molar-refractivity contribution in [2.24, 2.45) is 0 Å². The largest absolute Gasteiger partial charge is 0.484 e. The Hall–Kier alpha value is -2.59. The molecule has 0 unspecified atom stereocenters. The molecule has 2 heterocycles. The minimum Gasteiger partial charge on any atom is -0.484 e. The van der Waals surface area contributed by atoms with E-state index in [0.29, 0.717) is 38.5 Å². The van der Waals surface area contributed by atoms with E-state index in [2.05, 4.69) is 27.1 Å². The number of halogens is 2. The lowest BCUT2D eigenvalue weighted by atomic mass is 10.3. The number of anilines is 1. The predicted octanol–water partition coefficient (Wildman–Crippen LogP) is 5.69. The summed E-state index contributed by atoms with van der Waals surface area (Å²) in [4.78, 5) is 16.8. The molecular weight excluding hydrogens is 489 g/mol. The second-order valence-electron chi connectivity index (χ2n) is 6.49. The summed E-state index contributed by atoms with van der Waals surface area (Å²) in [6.45, 7) is 4.41. The summed E-state index contributed by atoms with van der Waals surface area (Å²) in [5, 5.41) is 13.3. The minimum atomic E-state index is -0.173. The molecule has 0 aliphatic heterocycles. The third-order valence-corrected chi connectivity index (χ3v) is 6.68. The molecule has 7 nitrogen and oxygen atoms in total. The van der Waals surface area contributed by atoms with E-state index >= 15 is 0 Å². The molecule has 0 aliphatic rings. The summed E-state index contributed by atoms with van der Waals surface area (Å²) in [5.41, 5.74) is 0.858. The molecule has 0 saturated carbocycles. The van der Waals surface area contributed by atoms with Gasteiger partial charge in [-0.3, -0.25) is 9.36 Å². The van der Waals surface area contributed by atoms with Gasteiger partial charge in [0.05, 0.1) is 21.0 Å². The van der Waals surface area contributed by atoms with Crippen molar-refractivity contribution in [3.05, 3.63) is 71.0 Å². The van der Waals surface area contributed by atoms with Crippen LogP contribution >= 0.6 is 46.3 Å². The zero-order valence-corrected chi connectivity index (χ0v) is 19.8. The van der Waals surface area contributed by atoms with Gasteiger partial charge < -0.3 is 10.1 Å². The minimum absolute atomic E-state index is 0.153. The number of nitrogens with one attached hydrogen (secondary N) is 1. The smallest absolute Gasteiger partial charge is 0.236 e. The molecule has 164 valence electrons. The summed E-state index contributed by atoms with van der Waals surface area (Å²) >= 11 is 14.8. The number of rotatable bonds is 9. The van der Waals surface area contributed by atoms with Gasteiger partial charge in [-0.05, 0) is 30.3 Å². The highest BCUT2D eigenvalue weighted by Crippen LogP contribution is 2.29. The standard InChI is InChI=1S/C21H17Cl2N5O2S2/c1-2-9-28-18(11-30-16-8-7-13(22)10-14(16)23)26-27-21(28)31-12-19(29)25-20-24-15-5-3-4-6-17(15)32-20/h2-8,10H,1,9,11-12H2,(H,24,25,29). The normalized spacial score (nSPS) is 10.9. The molecule has 11 heteroatoms. The Morgan fingerprint density at radius 2 is 2.09 bits per heavy atom. The van der Waals surface area contributed by atoms with Gasteiger partial charge in [-0.2, -0.15) is 0 Å². The van der Waals surface area contributed by atoms with Crippen molar-refractivity contribution < 1.29 is 9.53 Å². The lowest BCUT2D eigenvalue weighted by Crippen LogP contribution is -2.14. The average Bonchev–Trinajstić information content (AvgIpc) is 3.35. The first kappa shape index (κ1) is 22.6. The van der Waals surface area contributed by atoms with Crippen molar-refractivity contribution >= 4 is 67.6 Å². The number of hydrogen-bond donors (Lipinski definition) is 1. The van der Waals surface area contributed by atoms with Crippen molar-refractivity contribution in [2.75, 3.05) is 11.1 Å². The van der Waals surface area contributed by atoms with E-state index in [1.165, 1.54) is 23.1 Å². The van der Waals surface area contributed by atoms with Crippen LogP contribution in [0.3, 0.4) is 0 Å². The van der Waals surface area contributed by atoms with Gasteiger partial charge in [-0.15, -0.1) is 16.8 Å². The van der Waals surface area contributed by atoms with Gasteiger partial charge in [0.25, 0.3) is 0 Å². The van der Waals surface area contributed by atoms with E-state index in [1.54, 1.807) is 24.3 Å². The number of nitrogens with zero attached hydrogens (tertiary/aromatic N) is 4. The molecule has 1 N–H and O–H groups in total. The topological polar surface area (TPSA) is 81.9 Å². The number of allylic oxidation sites excluding steroid dienone is 1. The zero-order chi connectivity index (χ0) is 22.5. The molecule has 2 aromatic carbocycles. The van der Waals surface area contributed by atoms with Gasteiger partial charge in [0, 0.05) is 11.6 Å². The number of carbonyl (C=O) groups excluding carboxylic acids is 1. The first-order valence-electron chi connectivity index (χ1n) is 9.42. The van der Waals surface area contributed by atoms with Gasteiger partial charge in [0.15, 0.2) is 16.1 Å². The maximum Gasteiger partial charge on any atom is 0.236 e. The van der Waals surface area contributed by atoms with Crippen LogP contribution in [0, 0.1) is 0 Å². The SMILES string of the molecule is C=CCn1c(COc2ccc(Cl)cc2Cl)nnc1SCC(=O)Nc1nc2ccccc2s1. The van der Waals surface area contributed by atoms with E-state index in [0.717, 1.165) is 10.2 Å². The molecule has 0 aliphatic carbocycles. The highest BCUT2D eigenvalue weighted by atomic mass is 35.5. The van der Waals surface area contributed by atoms with Gasteiger partial charge in [0.2, 0.25) is 5.91 Å². The summed E-state index contributed by atoms with van der Waals surface area (Å²) in [6.07, 6.45) is 1.73. The maximum absolute atomic E-state index is 12.4. The zero-order valence-electron chi connectivity index (χ0n) is 16.6. The number of thiazole rings is 1. The van der Waals surface area contributed by atoms with Crippen molar-refractivity contribution in [1.82, 2.24) is 19.7 Å². The number of benzene rings is 2. The molecule has 4 aromatic rings. The molecule has 0 fully saturated rings. The Balaban J connectivity index is 1.39. The van der Waals surface area contributed by atoms with Crippen LogP contribution in [0.15, 0.2) is 60.3 Å². The number of para-hydroxylation sites is 1. The third kappa shape index (κ3) is 5.42. The lowest BCUT2D eigenvalue weighted by molar-refractivity contribution is -0.113. The number of hydrogen-bond acceptors (Lipinski definition) is 7. The van der Waals surface area contributed by atoms with Crippen LogP contribution < -0.4 is 10.1 Å². The highest BCUT2D eigenvalue weighted by molar-refractivity contribution is 7.99. The molecule has 0 atom stereocenters. The van der Waals surface area contributed by atoms with Crippen molar-refractivity contribution in [3.63, 3.8) is 0 Å². The first-order valence-corrected chi connectivity index (χ1v) is 12.0. The molecule has 4 rings (SSSR count). The van der Waals surface area contributed by atoms with Crippen LogP contribution in [0.1, 0.15) is 5.82 Å². The van der Waals surface area contributed by atoms with E-state index in [9.17, 15) is 4.79 Å². The van der Waals surface area contributed by atoms with E-state index in [-0.39, 0.29) is 18.3 Å². The number of ether oxygens (including phenoxy) is 1. The molecule has 0 saturated heterocycles. The Bertz CT molecular complexity index is 1240. The lowest BCUT2D eigenvalue weighted by Gasteiger charge is -2.10. The second-order valence-corrected chi connectivity index (χ2v) is 9.30. The van der Waals surface area contributed by atoms with Gasteiger partial charge in [-0.25, -0.2) is 4.98 Å². The Labute approximate surface area is 202 Å². The molecule has 0 spiro atoms. The van der Waals surface area contributed by atoms with Gasteiger partial charge in [0.1, 0.15) is 12.4 Å². The van der Waals surface area contributed by atoms with Crippen LogP contribution in [-0.2, 0) is 17.9 Å². The quantitative estimate of drug-likeness (QED) is 0.232. The third-order valence-electron chi connectivity index (χ3n) is 4.23. The van der Waals surface area contributed by atoms with E-state index < -0.39 is 0 Å². The second kappa shape index (κ2) is 10.4. The van der Waals surface area contributed by atoms with E-state index in [4.69, 9.17) is 27.9 Å². The summed E-state index contributed by atoms with van der Waals surface area (Å²) < 4.78 is 8.63. The van der Waals surface area contributed by atoms with Gasteiger partial charge in [-0.1, -0.05) is 64.5 Å². The first-order chi connectivity index (χ1) is 15.5. The van der Waals surface area contributed by atoms with Crippen molar-refractivity contribution in [3.8, 4) is 5.75 Å².